The summed E-state index contributed by atoms with van der Waals surface area (Å²) in [7, 11) is 1.76. The molecular weight excluding hydrogens is 321 g/mol. The molecule has 0 spiro atoms. The number of nitrogens with one attached hydrogen (secondary N) is 1. The van der Waals surface area contributed by atoms with Crippen molar-refractivity contribution in [3.05, 3.63) is 52.0 Å². The van der Waals surface area contributed by atoms with Gasteiger partial charge in [-0.2, -0.15) is 5.10 Å². The Labute approximate surface area is 144 Å². The molecule has 0 aliphatic heterocycles. The van der Waals surface area contributed by atoms with Gasteiger partial charge in [-0.25, -0.2) is 9.37 Å². The van der Waals surface area contributed by atoms with Crippen molar-refractivity contribution >= 4 is 16.7 Å². The second-order valence-corrected chi connectivity index (χ2v) is 6.78. The van der Waals surface area contributed by atoms with E-state index >= 15 is 0 Å². The van der Waals surface area contributed by atoms with E-state index in [-0.39, 0.29) is 11.4 Å². The summed E-state index contributed by atoms with van der Waals surface area (Å²) < 4.78 is 15.6. The second kappa shape index (κ2) is 5.98. The average Bonchev–Trinajstić information content (AvgIpc) is 3.32. The van der Waals surface area contributed by atoms with Crippen molar-refractivity contribution in [2.45, 2.75) is 26.3 Å². The van der Waals surface area contributed by atoms with E-state index in [0.717, 1.165) is 12.2 Å². The molecule has 3 aromatic rings. The molecule has 0 saturated heterocycles. The first-order valence-corrected chi connectivity index (χ1v) is 8.43. The molecule has 0 radical (unpaired) electrons. The van der Waals surface area contributed by atoms with Gasteiger partial charge in [0, 0.05) is 19.3 Å². The zero-order valence-electron chi connectivity index (χ0n) is 14.3. The van der Waals surface area contributed by atoms with E-state index in [0.29, 0.717) is 34.9 Å². The van der Waals surface area contributed by atoms with Crippen molar-refractivity contribution < 1.29 is 4.39 Å². The number of aromatic nitrogens is 4. The molecule has 0 atom stereocenters. The van der Waals surface area contributed by atoms with E-state index in [9.17, 15) is 9.18 Å². The monoisotopic (exact) mass is 341 g/mol. The summed E-state index contributed by atoms with van der Waals surface area (Å²) in [4.78, 5) is 21.7. The fraction of sp³-hybridized carbons (Fsp3) is 0.389. The molecule has 1 aliphatic rings. The Morgan fingerprint density at radius 2 is 2.20 bits per heavy atom. The van der Waals surface area contributed by atoms with E-state index in [1.165, 1.54) is 19.0 Å². The van der Waals surface area contributed by atoms with Crippen molar-refractivity contribution in [3.8, 4) is 0 Å². The molecule has 1 saturated carbocycles. The highest BCUT2D eigenvalue weighted by atomic mass is 19.1. The first-order chi connectivity index (χ1) is 12.0. The molecule has 0 bridgehead atoms. The standard InChI is InChI=1S/C18H20FN5O/c1-11-3-6-13(7-15(11)19)24(9-12-4-5-12)10-16-21-17-14(18(25)22-16)8-20-23(17)2/h3,6-8,12H,4-5,9-10H2,1-2H3,(H,21,22,25). The van der Waals surface area contributed by atoms with Crippen molar-refractivity contribution in [2.75, 3.05) is 11.4 Å². The quantitative estimate of drug-likeness (QED) is 0.774. The predicted molar refractivity (Wildman–Crippen MR) is 94.0 cm³/mol. The normalized spacial score (nSPS) is 14.2. The number of hydrogen-bond acceptors (Lipinski definition) is 4. The zero-order valence-corrected chi connectivity index (χ0v) is 14.3. The first-order valence-electron chi connectivity index (χ1n) is 8.43. The highest BCUT2D eigenvalue weighted by Gasteiger charge is 2.25. The van der Waals surface area contributed by atoms with Gasteiger partial charge in [0.1, 0.15) is 17.0 Å². The third-order valence-electron chi connectivity index (χ3n) is 4.69. The lowest BCUT2D eigenvalue weighted by Gasteiger charge is -2.24. The van der Waals surface area contributed by atoms with E-state index < -0.39 is 0 Å². The summed E-state index contributed by atoms with van der Waals surface area (Å²) in [6, 6.07) is 5.25. The molecule has 1 fully saturated rings. The SMILES string of the molecule is Cc1ccc(N(Cc2nc3c(cnn3C)c(=O)[nH]2)CC2CC2)cc1F. The molecule has 1 N–H and O–H groups in total. The van der Waals surface area contributed by atoms with Crippen LogP contribution in [0, 0.1) is 18.7 Å². The molecular formula is C18H20FN5O. The van der Waals surface area contributed by atoms with Crippen molar-refractivity contribution in [1.29, 1.82) is 0 Å². The molecule has 0 amide bonds. The summed E-state index contributed by atoms with van der Waals surface area (Å²) in [6.07, 6.45) is 3.90. The molecule has 1 aliphatic carbocycles. The summed E-state index contributed by atoms with van der Waals surface area (Å²) in [5.41, 5.74) is 1.79. The fourth-order valence-corrected chi connectivity index (χ4v) is 2.99. The highest BCUT2D eigenvalue weighted by molar-refractivity contribution is 5.72. The molecule has 4 rings (SSSR count). The van der Waals surface area contributed by atoms with Crippen LogP contribution in [0.15, 0.2) is 29.2 Å². The van der Waals surface area contributed by atoms with E-state index in [4.69, 9.17) is 0 Å². The third-order valence-corrected chi connectivity index (χ3v) is 4.69. The van der Waals surface area contributed by atoms with Crippen LogP contribution in [0.3, 0.4) is 0 Å². The van der Waals surface area contributed by atoms with Gasteiger partial charge in [0.05, 0.1) is 12.7 Å². The minimum absolute atomic E-state index is 0.199. The highest BCUT2D eigenvalue weighted by Crippen LogP contribution is 2.32. The molecule has 6 nitrogen and oxygen atoms in total. The van der Waals surface area contributed by atoms with Gasteiger partial charge in [-0.05, 0) is 43.4 Å². The van der Waals surface area contributed by atoms with Gasteiger partial charge in [0.15, 0.2) is 5.65 Å². The van der Waals surface area contributed by atoms with Crippen LogP contribution in [-0.2, 0) is 13.6 Å². The average molecular weight is 341 g/mol. The Morgan fingerprint density at radius 3 is 2.92 bits per heavy atom. The van der Waals surface area contributed by atoms with Crippen LogP contribution in [0.4, 0.5) is 10.1 Å². The van der Waals surface area contributed by atoms with Crippen LogP contribution in [-0.4, -0.2) is 26.3 Å². The Hall–Kier alpha value is -2.70. The van der Waals surface area contributed by atoms with Crippen molar-refractivity contribution in [3.63, 3.8) is 0 Å². The predicted octanol–water partition coefficient (Wildman–Crippen LogP) is 2.52. The maximum Gasteiger partial charge on any atom is 0.262 e. The summed E-state index contributed by atoms with van der Waals surface area (Å²) in [5, 5.41) is 4.56. The lowest BCUT2D eigenvalue weighted by molar-refractivity contribution is 0.615. The smallest absolute Gasteiger partial charge is 0.262 e. The lowest BCUT2D eigenvalue weighted by Crippen LogP contribution is -2.28. The van der Waals surface area contributed by atoms with Crippen LogP contribution in [0.2, 0.25) is 0 Å². The van der Waals surface area contributed by atoms with E-state index in [1.807, 2.05) is 6.07 Å². The van der Waals surface area contributed by atoms with Gasteiger partial charge in [-0.15, -0.1) is 0 Å². The number of halogens is 1. The summed E-state index contributed by atoms with van der Waals surface area (Å²) in [5.74, 6) is 0.959. The van der Waals surface area contributed by atoms with Gasteiger partial charge in [-0.1, -0.05) is 6.07 Å². The molecule has 7 heteroatoms. The largest absolute Gasteiger partial charge is 0.364 e. The number of H-pyrrole nitrogens is 1. The number of rotatable bonds is 5. The van der Waals surface area contributed by atoms with Crippen LogP contribution in [0.25, 0.3) is 11.0 Å². The second-order valence-electron chi connectivity index (χ2n) is 6.78. The third kappa shape index (κ3) is 3.14. The number of benzene rings is 1. The fourth-order valence-electron chi connectivity index (χ4n) is 2.99. The van der Waals surface area contributed by atoms with Gasteiger partial charge < -0.3 is 9.88 Å². The summed E-state index contributed by atoms with van der Waals surface area (Å²) in [6.45, 7) is 3.00. The Bertz CT molecular complexity index is 989. The summed E-state index contributed by atoms with van der Waals surface area (Å²) >= 11 is 0. The van der Waals surface area contributed by atoms with E-state index in [2.05, 4.69) is 20.0 Å². The minimum atomic E-state index is -0.221. The van der Waals surface area contributed by atoms with Gasteiger partial charge >= 0.3 is 0 Å². The molecule has 0 unspecified atom stereocenters. The van der Waals surface area contributed by atoms with Gasteiger partial charge in [-0.3, -0.25) is 9.48 Å². The van der Waals surface area contributed by atoms with E-state index in [1.54, 1.807) is 30.8 Å². The number of anilines is 1. The zero-order chi connectivity index (χ0) is 17.6. The van der Waals surface area contributed by atoms with Gasteiger partial charge in [0.25, 0.3) is 5.56 Å². The maximum atomic E-state index is 14.0. The number of nitrogens with zero attached hydrogens (tertiary/aromatic N) is 4. The van der Waals surface area contributed by atoms with Gasteiger partial charge in [0.2, 0.25) is 0 Å². The van der Waals surface area contributed by atoms with Crippen molar-refractivity contribution in [2.24, 2.45) is 13.0 Å². The molecule has 1 aromatic carbocycles. The number of hydrogen-bond donors (Lipinski definition) is 1. The minimum Gasteiger partial charge on any atom is -0.364 e. The molecule has 130 valence electrons. The Kier molecular flexibility index (Phi) is 3.78. The van der Waals surface area contributed by atoms with Crippen LogP contribution < -0.4 is 10.5 Å². The Morgan fingerprint density at radius 1 is 1.40 bits per heavy atom. The lowest BCUT2D eigenvalue weighted by atomic mass is 10.2. The number of aromatic amines is 1. The first kappa shape index (κ1) is 15.8. The van der Waals surface area contributed by atoms with Crippen LogP contribution >= 0.6 is 0 Å². The Balaban J connectivity index is 1.69. The topological polar surface area (TPSA) is 66.8 Å². The van der Waals surface area contributed by atoms with Crippen molar-refractivity contribution in [1.82, 2.24) is 19.7 Å². The number of aryl methyl sites for hydroxylation is 2. The molecule has 25 heavy (non-hydrogen) atoms. The molecule has 2 heterocycles. The molecule has 2 aromatic heterocycles. The van der Waals surface area contributed by atoms with Crippen LogP contribution in [0.5, 0.6) is 0 Å². The number of fused-ring (bicyclic) bond motifs is 1. The van der Waals surface area contributed by atoms with Crippen LogP contribution in [0.1, 0.15) is 24.2 Å². The maximum absolute atomic E-state index is 14.0.